The van der Waals surface area contributed by atoms with Crippen LogP contribution in [0.5, 0.6) is 5.75 Å². The van der Waals surface area contributed by atoms with E-state index in [9.17, 15) is 5.11 Å². The summed E-state index contributed by atoms with van der Waals surface area (Å²) in [6.45, 7) is 4.29. The van der Waals surface area contributed by atoms with E-state index in [4.69, 9.17) is 36.8 Å². The summed E-state index contributed by atoms with van der Waals surface area (Å²) in [5, 5.41) is 20.4. The molecule has 1 aliphatic heterocycles. The van der Waals surface area contributed by atoms with Crippen molar-refractivity contribution in [2.24, 2.45) is 0 Å². The number of fused-ring (bicyclic) bond motifs is 1. The molecule has 0 aliphatic carbocycles. The van der Waals surface area contributed by atoms with Crippen molar-refractivity contribution in [2.75, 3.05) is 26.2 Å². The summed E-state index contributed by atoms with van der Waals surface area (Å²) in [6.07, 6.45) is 1.41. The average Bonchev–Trinajstić information content (AvgIpc) is 3.46. The molecule has 5 rings (SSSR count). The molecular formula is C25H25Cl2N3O4. The Labute approximate surface area is 207 Å². The van der Waals surface area contributed by atoms with Crippen LogP contribution in [0.4, 0.5) is 0 Å². The number of likely N-dealkylation sites (tertiary alicyclic amines) is 1. The molecule has 4 aromatic rings. The van der Waals surface area contributed by atoms with E-state index in [2.05, 4.69) is 21.2 Å². The second-order valence-corrected chi connectivity index (χ2v) is 9.43. The van der Waals surface area contributed by atoms with Gasteiger partial charge in [-0.05, 0) is 61.7 Å². The molecule has 2 aromatic heterocycles. The zero-order valence-corrected chi connectivity index (χ0v) is 20.2. The number of hydrogen-bond acceptors (Lipinski definition) is 7. The maximum Gasteiger partial charge on any atom is 0.283 e. The average molecular weight is 502 g/mol. The lowest BCUT2D eigenvalue weighted by atomic mass is 9.89. The molecule has 0 amide bonds. The summed E-state index contributed by atoms with van der Waals surface area (Å²) >= 11 is 12.2. The van der Waals surface area contributed by atoms with Gasteiger partial charge in [-0.2, -0.15) is 0 Å². The molecule has 1 fully saturated rings. The van der Waals surface area contributed by atoms with Gasteiger partial charge >= 0.3 is 0 Å². The van der Waals surface area contributed by atoms with Gasteiger partial charge < -0.3 is 23.6 Å². The molecule has 0 saturated carbocycles. The number of rotatable bonds is 7. The second-order valence-electron chi connectivity index (χ2n) is 8.62. The van der Waals surface area contributed by atoms with E-state index in [0.29, 0.717) is 51.4 Å². The lowest BCUT2D eigenvalue weighted by Crippen LogP contribution is -2.40. The number of aryl methyl sites for hydroxylation is 1. The Morgan fingerprint density at radius 2 is 1.91 bits per heavy atom. The second kappa shape index (κ2) is 9.96. The van der Waals surface area contributed by atoms with E-state index >= 15 is 0 Å². The molecule has 1 saturated heterocycles. The maximum atomic E-state index is 10.6. The van der Waals surface area contributed by atoms with Gasteiger partial charge in [-0.1, -0.05) is 35.3 Å². The zero-order chi connectivity index (χ0) is 23.7. The molecule has 1 atom stereocenters. The van der Waals surface area contributed by atoms with Crippen LogP contribution in [0.3, 0.4) is 0 Å². The summed E-state index contributed by atoms with van der Waals surface area (Å²) in [7, 11) is 0. The number of aromatic nitrogens is 2. The van der Waals surface area contributed by atoms with Crippen LogP contribution in [0.25, 0.3) is 22.6 Å². The van der Waals surface area contributed by atoms with Gasteiger partial charge in [-0.3, -0.25) is 0 Å². The van der Waals surface area contributed by atoms with Gasteiger partial charge in [-0.25, -0.2) is 0 Å². The van der Waals surface area contributed by atoms with Gasteiger partial charge in [-0.15, -0.1) is 10.2 Å². The highest BCUT2D eigenvalue weighted by Gasteiger charge is 2.23. The SMILES string of the molecule is Cc1nnc(-c2cc3c(OC[C@@H](O)CN4CCC(c5ccc(Cl)c(Cl)c5)CC4)cccc3o2)o1. The van der Waals surface area contributed by atoms with Crippen LogP contribution in [0.1, 0.15) is 30.2 Å². The van der Waals surface area contributed by atoms with Crippen molar-refractivity contribution in [3.63, 3.8) is 0 Å². The van der Waals surface area contributed by atoms with Crippen molar-refractivity contribution in [1.82, 2.24) is 15.1 Å². The van der Waals surface area contributed by atoms with Gasteiger partial charge in [0, 0.05) is 19.5 Å². The fourth-order valence-electron chi connectivity index (χ4n) is 4.41. The Hall–Kier alpha value is -2.58. The standard InChI is InChI=1S/C25H25Cl2N3O4/c1-15-28-29-25(33-15)24-12-19-22(3-2-4-23(19)34-24)32-14-18(31)13-30-9-7-16(8-10-30)17-5-6-20(26)21(27)11-17/h2-6,11-12,16,18,31H,7-10,13-14H2,1H3/t18-/m0/s1. The van der Waals surface area contributed by atoms with Crippen molar-refractivity contribution in [3.8, 4) is 17.4 Å². The number of furan rings is 1. The number of aliphatic hydroxyl groups excluding tert-OH is 1. The first-order valence-corrected chi connectivity index (χ1v) is 12.0. The molecule has 178 valence electrons. The number of β-amino-alcohol motifs (C(OH)–C–C–N with tert-alkyl or cyclic N) is 1. The molecule has 0 spiro atoms. The zero-order valence-electron chi connectivity index (χ0n) is 18.7. The van der Waals surface area contributed by atoms with Crippen molar-refractivity contribution >= 4 is 34.2 Å². The summed E-state index contributed by atoms with van der Waals surface area (Å²) in [4.78, 5) is 2.27. The number of halogens is 2. The summed E-state index contributed by atoms with van der Waals surface area (Å²) in [5.74, 6) is 2.37. The van der Waals surface area contributed by atoms with E-state index in [1.807, 2.05) is 36.4 Å². The van der Waals surface area contributed by atoms with Crippen LogP contribution in [0, 0.1) is 6.92 Å². The van der Waals surface area contributed by atoms with Crippen LogP contribution in [0.2, 0.25) is 10.0 Å². The Kier molecular flexibility index (Phi) is 6.79. The van der Waals surface area contributed by atoms with Crippen molar-refractivity contribution in [3.05, 3.63) is 64.0 Å². The third-order valence-electron chi connectivity index (χ3n) is 6.16. The van der Waals surface area contributed by atoms with Crippen molar-refractivity contribution in [1.29, 1.82) is 0 Å². The lowest BCUT2D eigenvalue weighted by molar-refractivity contribution is 0.0599. The predicted octanol–water partition coefficient (Wildman–Crippen LogP) is 5.72. The van der Waals surface area contributed by atoms with Gasteiger partial charge in [0.05, 0.1) is 15.4 Å². The number of nitrogens with zero attached hydrogens (tertiary/aromatic N) is 3. The number of hydrogen-bond donors (Lipinski definition) is 1. The smallest absolute Gasteiger partial charge is 0.283 e. The normalized spacial score (nSPS) is 16.2. The van der Waals surface area contributed by atoms with Crippen LogP contribution in [-0.2, 0) is 0 Å². The molecule has 34 heavy (non-hydrogen) atoms. The minimum atomic E-state index is -0.609. The molecule has 0 bridgehead atoms. The summed E-state index contributed by atoms with van der Waals surface area (Å²) in [6, 6.07) is 13.3. The first kappa shape index (κ1) is 23.2. The highest BCUT2D eigenvalue weighted by molar-refractivity contribution is 6.42. The number of aliphatic hydroxyl groups is 1. The molecule has 1 N–H and O–H groups in total. The quantitative estimate of drug-likeness (QED) is 0.346. The number of benzene rings is 2. The molecule has 0 unspecified atom stereocenters. The van der Waals surface area contributed by atoms with E-state index in [1.165, 1.54) is 5.56 Å². The highest BCUT2D eigenvalue weighted by Crippen LogP contribution is 2.34. The van der Waals surface area contributed by atoms with Gasteiger partial charge in [0.2, 0.25) is 5.89 Å². The van der Waals surface area contributed by atoms with Crippen molar-refractivity contribution < 1.29 is 18.7 Å². The monoisotopic (exact) mass is 501 g/mol. The molecule has 3 heterocycles. The van der Waals surface area contributed by atoms with E-state index in [-0.39, 0.29) is 6.61 Å². The van der Waals surface area contributed by atoms with Crippen LogP contribution in [-0.4, -0.2) is 52.5 Å². The Morgan fingerprint density at radius 1 is 1.09 bits per heavy atom. The molecule has 7 nitrogen and oxygen atoms in total. The molecule has 2 aromatic carbocycles. The Bertz CT molecular complexity index is 1280. The third-order valence-corrected chi connectivity index (χ3v) is 6.90. The maximum absolute atomic E-state index is 10.6. The number of piperidine rings is 1. The highest BCUT2D eigenvalue weighted by atomic mass is 35.5. The minimum absolute atomic E-state index is 0.187. The van der Waals surface area contributed by atoms with Gasteiger partial charge in [0.1, 0.15) is 24.0 Å². The first-order valence-electron chi connectivity index (χ1n) is 11.3. The molecule has 0 radical (unpaired) electrons. The third kappa shape index (κ3) is 5.08. The Balaban J connectivity index is 1.16. The lowest BCUT2D eigenvalue weighted by Gasteiger charge is -2.33. The summed E-state index contributed by atoms with van der Waals surface area (Å²) < 4.78 is 17.2. The first-order chi connectivity index (χ1) is 16.5. The predicted molar refractivity (Wildman–Crippen MR) is 131 cm³/mol. The van der Waals surface area contributed by atoms with Crippen LogP contribution < -0.4 is 4.74 Å². The van der Waals surface area contributed by atoms with Gasteiger partial charge in [0.15, 0.2) is 5.76 Å². The molecule has 9 heteroatoms. The van der Waals surface area contributed by atoms with Gasteiger partial charge in [0.25, 0.3) is 5.89 Å². The van der Waals surface area contributed by atoms with Crippen LogP contribution >= 0.6 is 23.2 Å². The van der Waals surface area contributed by atoms with Crippen LogP contribution in [0.15, 0.2) is 51.3 Å². The summed E-state index contributed by atoms with van der Waals surface area (Å²) in [5.41, 5.74) is 1.88. The van der Waals surface area contributed by atoms with E-state index < -0.39 is 6.10 Å². The molecule has 1 aliphatic rings. The largest absolute Gasteiger partial charge is 0.490 e. The Morgan fingerprint density at radius 3 is 2.65 bits per heavy atom. The number of ether oxygens (including phenoxy) is 1. The van der Waals surface area contributed by atoms with Crippen molar-refractivity contribution in [2.45, 2.75) is 31.8 Å². The topological polar surface area (TPSA) is 84.8 Å². The fraction of sp³-hybridized carbons (Fsp3) is 0.360. The molecular weight excluding hydrogens is 477 g/mol. The van der Waals surface area contributed by atoms with E-state index in [1.54, 1.807) is 6.92 Å². The van der Waals surface area contributed by atoms with E-state index in [0.717, 1.165) is 31.3 Å². The minimum Gasteiger partial charge on any atom is -0.490 e. The fourth-order valence-corrected chi connectivity index (χ4v) is 4.72.